The maximum Gasteiger partial charge on any atom is 0.220 e. The van der Waals surface area contributed by atoms with E-state index in [0.29, 0.717) is 12.8 Å². The molecule has 0 saturated carbocycles. The number of aliphatic hydroxyl groups excluding tert-OH is 11. The average molecular weight is 1090 g/mol. The fourth-order valence-corrected chi connectivity index (χ4v) is 9.38. The molecule has 0 aliphatic carbocycles. The predicted molar refractivity (Wildman–Crippen MR) is 286 cm³/mol. The van der Waals surface area contributed by atoms with Crippen LogP contribution >= 0.6 is 0 Å². The molecule has 76 heavy (non-hydrogen) atoms. The zero-order chi connectivity index (χ0) is 55.5. The highest BCUT2D eigenvalue weighted by Crippen LogP contribution is 2.33. The minimum atomic E-state index is -1.98. The number of ether oxygens (including phenoxy) is 6. The van der Waals surface area contributed by atoms with E-state index in [1.165, 1.54) is 83.5 Å². The Morgan fingerprint density at radius 3 is 1.39 bits per heavy atom. The predicted octanol–water partition coefficient (Wildman–Crippen LogP) is 4.09. The third-order valence-electron chi connectivity index (χ3n) is 14.1. The van der Waals surface area contributed by atoms with Crippen molar-refractivity contribution >= 4 is 5.91 Å². The maximum atomic E-state index is 13.2. The van der Waals surface area contributed by atoms with Gasteiger partial charge in [0.25, 0.3) is 0 Å². The van der Waals surface area contributed by atoms with E-state index in [9.17, 15) is 61.0 Å². The first-order chi connectivity index (χ1) is 36.8. The summed E-state index contributed by atoms with van der Waals surface area (Å²) >= 11 is 0. The normalized spacial score (nSPS) is 31.4. The zero-order valence-electron chi connectivity index (χ0n) is 45.5. The Hall–Kier alpha value is -2.51. The number of rotatable bonds is 40. The van der Waals surface area contributed by atoms with Gasteiger partial charge in [-0.25, -0.2) is 0 Å². The van der Waals surface area contributed by atoms with Crippen molar-refractivity contribution in [3.05, 3.63) is 60.8 Å². The molecule has 1 amide bonds. The van der Waals surface area contributed by atoms with Crippen LogP contribution in [0.3, 0.4) is 0 Å². The van der Waals surface area contributed by atoms with Crippen LogP contribution in [0.4, 0.5) is 0 Å². The molecule has 3 heterocycles. The highest BCUT2D eigenvalue weighted by molar-refractivity contribution is 5.76. The number of nitrogens with one attached hydrogen (secondary N) is 1. The molecular formula is C57H99NO18. The summed E-state index contributed by atoms with van der Waals surface area (Å²) in [7, 11) is 0. The van der Waals surface area contributed by atoms with Gasteiger partial charge in [-0.05, 0) is 44.9 Å². The lowest BCUT2D eigenvalue weighted by molar-refractivity contribution is -0.379. The molecule has 3 rings (SSSR count). The van der Waals surface area contributed by atoms with E-state index in [2.05, 4.69) is 55.6 Å². The zero-order valence-corrected chi connectivity index (χ0v) is 45.5. The van der Waals surface area contributed by atoms with Crippen LogP contribution in [0.5, 0.6) is 0 Å². The summed E-state index contributed by atoms with van der Waals surface area (Å²) in [5.74, 6) is -0.358. The van der Waals surface area contributed by atoms with Crippen LogP contribution in [-0.2, 0) is 33.2 Å². The van der Waals surface area contributed by atoms with E-state index < -0.39 is 124 Å². The van der Waals surface area contributed by atoms with Crippen LogP contribution < -0.4 is 5.32 Å². The van der Waals surface area contributed by atoms with Gasteiger partial charge in [-0.15, -0.1) is 0 Å². The second-order valence-corrected chi connectivity index (χ2v) is 20.4. The Morgan fingerprint density at radius 1 is 0.487 bits per heavy atom. The molecule has 17 unspecified atom stereocenters. The molecule has 3 fully saturated rings. The van der Waals surface area contributed by atoms with Crippen LogP contribution in [0.15, 0.2) is 60.8 Å². The van der Waals surface area contributed by atoms with Crippen molar-refractivity contribution in [2.45, 2.75) is 266 Å². The molecule has 0 aromatic heterocycles. The van der Waals surface area contributed by atoms with Gasteiger partial charge in [0.05, 0.1) is 38.6 Å². The van der Waals surface area contributed by atoms with Gasteiger partial charge in [-0.3, -0.25) is 4.79 Å². The number of hydrogen-bond acceptors (Lipinski definition) is 18. The molecule has 12 N–H and O–H groups in total. The maximum absolute atomic E-state index is 13.2. The number of carbonyl (C=O) groups is 1. The molecule has 0 bridgehead atoms. The second kappa shape index (κ2) is 40.6. The van der Waals surface area contributed by atoms with Crippen LogP contribution in [-0.4, -0.2) is 193 Å². The third-order valence-corrected chi connectivity index (χ3v) is 14.1. The Bertz CT molecular complexity index is 1630. The van der Waals surface area contributed by atoms with Crippen molar-refractivity contribution in [3.8, 4) is 0 Å². The summed E-state index contributed by atoms with van der Waals surface area (Å²) in [5, 5.41) is 120. The van der Waals surface area contributed by atoms with Crippen molar-refractivity contribution in [2.75, 3.05) is 26.4 Å². The Balaban J connectivity index is 1.54. The Morgan fingerprint density at radius 2 is 0.908 bits per heavy atom. The van der Waals surface area contributed by atoms with Crippen LogP contribution in [0.2, 0.25) is 0 Å². The molecule has 3 saturated heterocycles. The first-order valence-corrected chi connectivity index (χ1v) is 28.5. The van der Waals surface area contributed by atoms with E-state index >= 15 is 0 Å². The van der Waals surface area contributed by atoms with Crippen LogP contribution in [0.1, 0.15) is 162 Å². The highest BCUT2D eigenvalue weighted by atomic mass is 16.8. The lowest BCUT2D eigenvalue weighted by atomic mass is 9.96. The molecule has 0 aromatic carbocycles. The van der Waals surface area contributed by atoms with Crippen molar-refractivity contribution in [2.24, 2.45) is 0 Å². The van der Waals surface area contributed by atoms with Gasteiger partial charge in [0.15, 0.2) is 18.9 Å². The minimum Gasteiger partial charge on any atom is -0.394 e. The molecule has 19 nitrogen and oxygen atoms in total. The fraction of sp³-hybridized carbons (Fsp3) is 0.807. The quantitative estimate of drug-likeness (QED) is 0.0304. The van der Waals surface area contributed by atoms with E-state index in [1.807, 2.05) is 18.2 Å². The van der Waals surface area contributed by atoms with Gasteiger partial charge in [0, 0.05) is 6.42 Å². The fourth-order valence-electron chi connectivity index (χ4n) is 9.38. The van der Waals surface area contributed by atoms with E-state index in [0.717, 1.165) is 44.9 Å². The van der Waals surface area contributed by atoms with Gasteiger partial charge in [-0.2, -0.15) is 0 Å². The molecule has 440 valence electrons. The summed E-state index contributed by atoms with van der Waals surface area (Å²) < 4.78 is 34.1. The number of unbranched alkanes of at least 4 members (excludes halogenated alkanes) is 16. The van der Waals surface area contributed by atoms with Gasteiger partial charge in [0.2, 0.25) is 5.91 Å². The first kappa shape index (κ1) is 67.8. The van der Waals surface area contributed by atoms with Crippen molar-refractivity contribution in [1.29, 1.82) is 0 Å². The molecule has 3 aliphatic heterocycles. The summed E-state index contributed by atoms with van der Waals surface area (Å²) in [6.45, 7) is 1.53. The van der Waals surface area contributed by atoms with Gasteiger partial charge < -0.3 is 89.9 Å². The van der Waals surface area contributed by atoms with E-state index in [-0.39, 0.29) is 18.9 Å². The molecule has 0 aromatic rings. The van der Waals surface area contributed by atoms with Gasteiger partial charge >= 0.3 is 0 Å². The standard InChI is InChI=1S/C57H99NO18/c1-3-5-7-9-11-13-15-17-18-19-20-21-23-24-26-28-30-32-34-41(62)40(58-45(63)35-33-31-29-27-25-22-16-14-12-10-8-6-4-2)39-71-55-51(69)48(66)53(43(37-60)73-55)76-57-52(70)49(67)54(44(38-61)74-57)75-56-50(68)47(65)46(64)42(36-59)72-56/h6,8,12,14,22,25,29,31-32,34,40-44,46-57,59-62,64-70H,3-5,7,9-11,13,15-21,23-24,26-28,30,33,35-39H2,1-2H3,(H,58,63)/b8-6-,14-12-,25-22-,31-29-,34-32+. The number of allylic oxidation sites excluding steroid dienone is 9. The number of amides is 1. The molecule has 0 spiro atoms. The van der Waals surface area contributed by atoms with Crippen LogP contribution in [0.25, 0.3) is 0 Å². The molecule has 3 aliphatic rings. The molecule has 17 atom stereocenters. The highest BCUT2D eigenvalue weighted by Gasteiger charge is 2.53. The van der Waals surface area contributed by atoms with E-state index in [4.69, 9.17) is 28.4 Å². The van der Waals surface area contributed by atoms with Crippen molar-refractivity contribution in [3.63, 3.8) is 0 Å². The van der Waals surface area contributed by atoms with Crippen LogP contribution in [0, 0.1) is 0 Å². The monoisotopic (exact) mass is 1090 g/mol. The van der Waals surface area contributed by atoms with Gasteiger partial charge in [0.1, 0.15) is 73.2 Å². The Kier molecular flexibility index (Phi) is 36.2. The summed E-state index contributed by atoms with van der Waals surface area (Å²) in [5.41, 5.74) is 0. The Labute approximate surface area is 452 Å². The second-order valence-electron chi connectivity index (χ2n) is 20.4. The van der Waals surface area contributed by atoms with E-state index in [1.54, 1.807) is 6.08 Å². The third kappa shape index (κ3) is 24.9. The number of hydrogen-bond donors (Lipinski definition) is 12. The first-order valence-electron chi connectivity index (χ1n) is 28.5. The summed E-state index contributed by atoms with van der Waals surface area (Å²) in [6, 6.07) is -1.01. The van der Waals surface area contributed by atoms with Gasteiger partial charge in [-0.1, -0.05) is 171 Å². The smallest absolute Gasteiger partial charge is 0.220 e. The molecular weight excluding hydrogens is 987 g/mol. The summed E-state index contributed by atoms with van der Waals surface area (Å²) in [4.78, 5) is 13.2. The summed E-state index contributed by atoms with van der Waals surface area (Å²) in [6.07, 6.45) is 18.0. The van der Waals surface area contributed by atoms with Crippen molar-refractivity contribution < 1.29 is 89.4 Å². The lowest BCUT2D eigenvalue weighted by Gasteiger charge is -2.48. The number of carbonyl (C=O) groups excluding carboxylic acids is 1. The molecule has 0 radical (unpaired) electrons. The SMILES string of the molecule is CC/C=C\C/C=C\C/C=C\C/C=C\CCC(=O)NC(COC1OC(CO)C(OC2OC(CO)C(OC3OC(CO)C(O)C(O)C3O)C(O)C2O)C(O)C1O)C(O)/C=C/CCCCCCCCCCCCCCCCCC. The van der Waals surface area contributed by atoms with Crippen molar-refractivity contribution in [1.82, 2.24) is 5.32 Å². The number of aliphatic hydroxyl groups is 11. The molecule has 19 heteroatoms. The largest absolute Gasteiger partial charge is 0.394 e. The average Bonchev–Trinajstić information content (AvgIpc) is 3.41. The topological polar surface area (TPSA) is 307 Å². The minimum absolute atomic E-state index is 0.120. The lowest BCUT2D eigenvalue weighted by Crippen LogP contribution is -2.66.